The minimum Gasteiger partial charge on any atom is -0.504 e. The average Bonchev–Trinajstić information content (AvgIpc) is 2.41. The van der Waals surface area contributed by atoms with Gasteiger partial charge >= 0.3 is 0 Å². The topological polar surface area (TPSA) is 20.2 Å². The van der Waals surface area contributed by atoms with Crippen LogP contribution in [0.5, 0.6) is 5.75 Å². The van der Waals surface area contributed by atoms with E-state index in [0.717, 1.165) is 0 Å². The zero-order valence-electron chi connectivity index (χ0n) is 9.05. The second-order valence-corrected chi connectivity index (χ2v) is 4.04. The molecule has 4 heteroatoms. The Balaban J connectivity index is 2.58. The van der Waals surface area contributed by atoms with Gasteiger partial charge in [0.25, 0.3) is 0 Å². The van der Waals surface area contributed by atoms with Crippen molar-refractivity contribution in [1.82, 2.24) is 0 Å². The molecule has 0 heterocycles. The number of halogens is 3. The maximum atomic E-state index is 13.6. The Morgan fingerprint density at radius 1 is 0.722 bits per heavy atom. The summed E-state index contributed by atoms with van der Waals surface area (Å²) < 4.78 is 40.1. The Morgan fingerprint density at radius 3 is 1.89 bits per heavy atom. The fraction of sp³-hybridized carbons (Fsp3) is 0. The highest BCUT2D eigenvalue weighted by Crippen LogP contribution is 2.35. The molecule has 0 fully saturated rings. The predicted molar refractivity (Wildman–Crippen MR) is 63.0 cm³/mol. The Morgan fingerprint density at radius 2 is 1.28 bits per heavy atom. The van der Waals surface area contributed by atoms with Crippen LogP contribution in [-0.2, 0) is 0 Å². The Hall–Kier alpha value is -2.23. The lowest BCUT2D eigenvalue weighted by Gasteiger charge is -2.07. The first-order valence-corrected chi connectivity index (χ1v) is 5.27. The molecular weight excluding hydrogens is 241 g/mol. The summed E-state index contributed by atoms with van der Waals surface area (Å²) in [5.41, 5.74) is 0. The standard InChI is InChI=1S/C14H7F3O/c15-11-9-5-7-3-1-2-4-8(7)6-10(9)14(18)13(17)12(11)16/h1-6,18H. The molecule has 90 valence electrons. The number of hydrogen-bond acceptors (Lipinski definition) is 1. The van der Waals surface area contributed by atoms with Gasteiger partial charge in [-0.05, 0) is 22.9 Å². The van der Waals surface area contributed by atoms with E-state index in [1.54, 1.807) is 24.3 Å². The molecular formula is C14H7F3O. The average molecular weight is 248 g/mol. The molecule has 0 atom stereocenters. The van der Waals surface area contributed by atoms with Gasteiger partial charge in [0, 0.05) is 10.8 Å². The zero-order valence-corrected chi connectivity index (χ0v) is 9.05. The molecule has 1 N–H and O–H groups in total. The number of hydrogen-bond donors (Lipinski definition) is 1. The molecule has 0 aromatic heterocycles. The zero-order chi connectivity index (χ0) is 12.9. The highest BCUT2D eigenvalue weighted by molar-refractivity contribution is 6.01. The van der Waals surface area contributed by atoms with E-state index in [9.17, 15) is 18.3 Å². The van der Waals surface area contributed by atoms with Crippen molar-refractivity contribution in [2.75, 3.05) is 0 Å². The molecule has 0 bridgehead atoms. The van der Waals surface area contributed by atoms with Crippen molar-refractivity contribution >= 4 is 21.5 Å². The molecule has 3 rings (SSSR count). The third-order valence-corrected chi connectivity index (χ3v) is 2.97. The molecule has 18 heavy (non-hydrogen) atoms. The molecule has 0 radical (unpaired) electrons. The van der Waals surface area contributed by atoms with Gasteiger partial charge in [-0.3, -0.25) is 0 Å². The Labute approximate surface area is 100 Å². The number of aromatic hydroxyl groups is 1. The lowest BCUT2D eigenvalue weighted by atomic mass is 10.0. The third kappa shape index (κ3) is 1.35. The molecule has 0 aliphatic rings. The van der Waals surface area contributed by atoms with Crippen LogP contribution in [0.25, 0.3) is 21.5 Å². The number of rotatable bonds is 0. The van der Waals surface area contributed by atoms with E-state index in [1.165, 1.54) is 12.1 Å². The maximum absolute atomic E-state index is 13.6. The van der Waals surface area contributed by atoms with Gasteiger partial charge in [-0.25, -0.2) is 8.78 Å². The summed E-state index contributed by atoms with van der Waals surface area (Å²) >= 11 is 0. The van der Waals surface area contributed by atoms with Crippen molar-refractivity contribution in [3.05, 3.63) is 53.8 Å². The summed E-state index contributed by atoms with van der Waals surface area (Å²) in [6.45, 7) is 0. The van der Waals surface area contributed by atoms with E-state index in [4.69, 9.17) is 0 Å². The molecule has 0 saturated heterocycles. The molecule has 0 unspecified atom stereocenters. The van der Waals surface area contributed by atoms with Crippen LogP contribution in [0.15, 0.2) is 36.4 Å². The van der Waals surface area contributed by atoms with Crippen LogP contribution >= 0.6 is 0 Å². The van der Waals surface area contributed by atoms with E-state index in [-0.39, 0.29) is 10.8 Å². The van der Waals surface area contributed by atoms with Gasteiger partial charge in [0.2, 0.25) is 5.82 Å². The maximum Gasteiger partial charge on any atom is 0.204 e. The van der Waals surface area contributed by atoms with Crippen molar-refractivity contribution in [3.63, 3.8) is 0 Å². The summed E-state index contributed by atoms with van der Waals surface area (Å²) in [4.78, 5) is 0. The lowest BCUT2D eigenvalue weighted by molar-refractivity contribution is 0.395. The normalized spacial score (nSPS) is 11.3. The molecule has 0 saturated carbocycles. The monoisotopic (exact) mass is 248 g/mol. The van der Waals surface area contributed by atoms with Gasteiger partial charge in [-0.1, -0.05) is 24.3 Å². The number of benzene rings is 3. The van der Waals surface area contributed by atoms with Crippen molar-refractivity contribution in [1.29, 1.82) is 0 Å². The second kappa shape index (κ2) is 3.63. The number of phenols is 1. The van der Waals surface area contributed by atoms with Crippen LogP contribution in [0, 0.1) is 17.5 Å². The summed E-state index contributed by atoms with van der Waals surface area (Å²) in [7, 11) is 0. The Bertz CT molecular complexity index is 715. The van der Waals surface area contributed by atoms with Crippen LogP contribution < -0.4 is 0 Å². The van der Waals surface area contributed by atoms with Crippen LogP contribution in [0.2, 0.25) is 0 Å². The number of phenolic OH excluding ortho intramolecular Hbond substituents is 1. The van der Waals surface area contributed by atoms with E-state index < -0.39 is 23.2 Å². The van der Waals surface area contributed by atoms with Gasteiger partial charge in [-0.2, -0.15) is 4.39 Å². The van der Waals surface area contributed by atoms with Crippen molar-refractivity contribution in [2.45, 2.75) is 0 Å². The van der Waals surface area contributed by atoms with Gasteiger partial charge in [0.1, 0.15) is 0 Å². The fourth-order valence-electron chi connectivity index (χ4n) is 2.05. The highest BCUT2D eigenvalue weighted by atomic mass is 19.2. The van der Waals surface area contributed by atoms with Crippen molar-refractivity contribution < 1.29 is 18.3 Å². The SMILES string of the molecule is Oc1c(F)c(F)c(F)c2cc3ccccc3cc12. The van der Waals surface area contributed by atoms with E-state index >= 15 is 0 Å². The molecule has 3 aromatic carbocycles. The minimum atomic E-state index is -1.66. The smallest absolute Gasteiger partial charge is 0.204 e. The van der Waals surface area contributed by atoms with Gasteiger partial charge in [-0.15, -0.1) is 0 Å². The first-order valence-electron chi connectivity index (χ1n) is 5.27. The molecule has 1 nitrogen and oxygen atoms in total. The molecule has 0 amide bonds. The number of fused-ring (bicyclic) bond motifs is 2. The van der Waals surface area contributed by atoms with Gasteiger partial charge in [0.15, 0.2) is 17.4 Å². The molecule has 3 aromatic rings. The summed E-state index contributed by atoms with van der Waals surface area (Å²) in [5.74, 6) is -5.37. The summed E-state index contributed by atoms with van der Waals surface area (Å²) in [6.07, 6.45) is 0. The first-order chi connectivity index (χ1) is 8.59. The second-order valence-electron chi connectivity index (χ2n) is 4.04. The van der Waals surface area contributed by atoms with Gasteiger partial charge in [0.05, 0.1) is 0 Å². The highest BCUT2D eigenvalue weighted by Gasteiger charge is 2.19. The van der Waals surface area contributed by atoms with E-state index in [1.807, 2.05) is 0 Å². The summed E-state index contributed by atoms with van der Waals surface area (Å²) in [6, 6.07) is 9.82. The molecule has 0 aliphatic heterocycles. The van der Waals surface area contributed by atoms with Crippen LogP contribution in [0.4, 0.5) is 13.2 Å². The van der Waals surface area contributed by atoms with Crippen LogP contribution in [0.3, 0.4) is 0 Å². The van der Waals surface area contributed by atoms with E-state index in [2.05, 4.69) is 0 Å². The molecule has 0 aliphatic carbocycles. The quantitative estimate of drug-likeness (QED) is 0.468. The van der Waals surface area contributed by atoms with Crippen molar-refractivity contribution in [3.8, 4) is 5.75 Å². The molecule has 0 spiro atoms. The van der Waals surface area contributed by atoms with Crippen LogP contribution in [0.1, 0.15) is 0 Å². The van der Waals surface area contributed by atoms with E-state index in [0.29, 0.717) is 10.8 Å². The summed E-state index contributed by atoms with van der Waals surface area (Å²) in [5, 5.41) is 10.8. The largest absolute Gasteiger partial charge is 0.504 e. The Kier molecular flexibility index (Phi) is 2.20. The van der Waals surface area contributed by atoms with Crippen molar-refractivity contribution in [2.24, 2.45) is 0 Å². The predicted octanol–water partition coefficient (Wildman–Crippen LogP) is 4.12. The lowest BCUT2D eigenvalue weighted by Crippen LogP contribution is -1.93. The third-order valence-electron chi connectivity index (χ3n) is 2.97. The minimum absolute atomic E-state index is 0.0369. The van der Waals surface area contributed by atoms with Gasteiger partial charge < -0.3 is 5.11 Å². The fourth-order valence-corrected chi connectivity index (χ4v) is 2.05. The van der Waals surface area contributed by atoms with Crippen LogP contribution in [-0.4, -0.2) is 5.11 Å². The first kappa shape index (κ1) is 10.9.